The predicted octanol–water partition coefficient (Wildman–Crippen LogP) is 3.71. The maximum absolute atomic E-state index is 14.3. The number of piperidine rings is 1. The van der Waals surface area contributed by atoms with Crippen molar-refractivity contribution in [3.63, 3.8) is 0 Å². The zero-order valence-corrected chi connectivity index (χ0v) is 17.1. The first kappa shape index (κ1) is 21.9. The summed E-state index contributed by atoms with van der Waals surface area (Å²) in [7, 11) is 0. The summed E-state index contributed by atoms with van der Waals surface area (Å²) in [5.41, 5.74) is 0.218. The van der Waals surface area contributed by atoms with E-state index in [-0.39, 0.29) is 31.0 Å². The Labute approximate surface area is 175 Å². The second kappa shape index (κ2) is 9.78. The molecule has 0 spiro atoms. The van der Waals surface area contributed by atoms with Crippen molar-refractivity contribution in [1.82, 2.24) is 9.88 Å². The molecule has 2 aromatic rings. The van der Waals surface area contributed by atoms with Crippen LogP contribution < -0.4 is 0 Å². The standard InChI is InChI=1S/C23H26F2N2O3/c1-2-30-22(29)23(15-18-5-6-19(24)14-20(18)25)10-3-13-27(16-23)21(28)7-4-17-8-11-26-12-9-17/h5-6,8-9,11-12,14H,2-4,7,10,13,15-16H2,1H3/t23-/m1/s1. The molecular formula is C23H26F2N2O3. The summed E-state index contributed by atoms with van der Waals surface area (Å²) in [6.45, 7) is 2.62. The van der Waals surface area contributed by atoms with Gasteiger partial charge < -0.3 is 9.64 Å². The molecule has 1 aromatic carbocycles. The van der Waals surface area contributed by atoms with E-state index in [0.717, 1.165) is 11.6 Å². The van der Waals surface area contributed by atoms with E-state index in [2.05, 4.69) is 4.98 Å². The molecule has 0 saturated carbocycles. The minimum Gasteiger partial charge on any atom is -0.466 e. The first-order chi connectivity index (χ1) is 14.4. The smallest absolute Gasteiger partial charge is 0.314 e. The lowest BCUT2D eigenvalue weighted by molar-refractivity contribution is -0.160. The highest BCUT2D eigenvalue weighted by molar-refractivity contribution is 5.81. The fraction of sp³-hybridized carbons (Fsp3) is 0.435. The number of hydrogen-bond acceptors (Lipinski definition) is 4. The van der Waals surface area contributed by atoms with Crippen molar-refractivity contribution in [1.29, 1.82) is 0 Å². The quantitative estimate of drug-likeness (QED) is 0.646. The second-order valence-corrected chi connectivity index (χ2v) is 7.69. The number of ether oxygens (including phenoxy) is 1. The van der Waals surface area contributed by atoms with Crippen LogP contribution in [0.4, 0.5) is 8.78 Å². The Bertz CT molecular complexity index is 891. The van der Waals surface area contributed by atoms with E-state index < -0.39 is 23.0 Å². The van der Waals surface area contributed by atoms with Gasteiger partial charge in [-0.2, -0.15) is 0 Å². The normalized spacial score (nSPS) is 18.8. The van der Waals surface area contributed by atoms with Crippen molar-refractivity contribution in [2.24, 2.45) is 5.41 Å². The van der Waals surface area contributed by atoms with E-state index in [4.69, 9.17) is 4.74 Å². The first-order valence-electron chi connectivity index (χ1n) is 10.2. The zero-order chi connectivity index (χ0) is 21.6. The summed E-state index contributed by atoms with van der Waals surface area (Å²) in [4.78, 5) is 31.4. The molecule has 3 rings (SSSR count). The number of hydrogen-bond donors (Lipinski definition) is 0. The van der Waals surface area contributed by atoms with Crippen molar-refractivity contribution in [3.05, 3.63) is 65.5 Å². The van der Waals surface area contributed by atoms with Crippen molar-refractivity contribution >= 4 is 11.9 Å². The Kier molecular flexibility index (Phi) is 7.13. The third kappa shape index (κ3) is 5.20. The number of likely N-dealkylation sites (tertiary alicyclic amines) is 1. The Balaban J connectivity index is 1.76. The van der Waals surface area contributed by atoms with Crippen LogP contribution in [0.3, 0.4) is 0 Å². The molecular weight excluding hydrogens is 390 g/mol. The van der Waals surface area contributed by atoms with Crippen LogP contribution in [-0.4, -0.2) is 41.5 Å². The van der Waals surface area contributed by atoms with Gasteiger partial charge in [0.1, 0.15) is 11.6 Å². The number of carbonyl (C=O) groups excluding carboxylic acids is 2. The molecule has 0 unspecified atom stereocenters. The maximum atomic E-state index is 14.3. The maximum Gasteiger partial charge on any atom is 0.314 e. The number of halogens is 2. The summed E-state index contributed by atoms with van der Waals surface area (Å²) in [5, 5.41) is 0. The highest BCUT2D eigenvalue weighted by Gasteiger charge is 2.45. The lowest BCUT2D eigenvalue weighted by Crippen LogP contribution is -2.51. The molecule has 0 aliphatic carbocycles. The average Bonchev–Trinajstić information content (AvgIpc) is 2.75. The average molecular weight is 416 g/mol. The molecule has 1 atom stereocenters. The van der Waals surface area contributed by atoms with Gasteiger partial charge in [0.2, 0.25) is 5.91 Å². The van der Waals surface area contributed by atoms with Crippen molar-refractivity contribution in [2.45, 2.75) is 39.0 Å². The van der Waals surface area contributed by atoms with Crippen LogP contribution in [0.25, 0.3) is 0 Å². The molecule has 30 heavy (non-hydrogen) atoms. The van der Waals surface area contributed by atoms with Gasteiger partial charge in [0.05, 0.1) is 12.0 Å². The minimum atomic E-state index is -1.04. The van der Waals surface area contributed by atoms with Gasteiger partial charge in [-0.3, -0.25) is 14.6 Å². The summed E-state index contributed by atoms with van der Waals surface area (Å²) < 4.78 is 32.9. The van der Waals surface area contributed by atoms with Crippen molar-refractivity contribution in [2.75, 3.05) is 19.7 Å². The molecule has 1 aliphatic rings. The monoisotopic (exact) mass is 416 g/mol. The van der Waals surface area contributed by atoms with E-state index in [1.165, 1.54) is 12.1 Å². The second-order valence-electron chi connectivity index (χ2n) is 7.69. The molecule has 0 N–H and O–H groups in total. The molecule has 5 nitrogen and oxygen atoms in total. The van der Waals surface area contributed by atoms with Crippen LogP contribution in [0.2, 0.25) is 0 Å². The number of aromatic nitrogens is 1. The fourth-order valence-electron chi connectivity index (χ4n) is 4.00. The minimum absolute atomic E-state index is 0.0558. The molecule has 160 valence electrons. The van der Waals surface area contributed by atoms with Crippen molar-refractivity contribution in [3.8, 4) is 0 Å². The highest BCUT2D eigenvalue weighted by Crippen LogP contribution is 2.36. The number of rotatable bonds is 7. The number of nitrogens with zero attached hydrogens (tertiary/aromatic N) is 2. The van der Waals surface area contributed by atoms with Gasteiger partial charge in [-0.25, -0.2) is 8.78 Å². The molecule has 1 amide bonds. The van der Waals surface area contributed by atoms with Crippen LogP contribution in [0.15, 0.2) is 42.7 Å². The Hall–Kier alpha value is -2.83. The topological polar surface area (TPSA) is 59.5 Å². The van der Waals surface area contributed by atoms with Gasteiger partial charge in [-0.15, -0.1) is 0 Å². The van der Waals surface area contributed by atoms with E-state index >= 15 is 0 Å². The fourth-order valence-corrected chi connectivity index (χ4v) is 4.00. The molecule has 1 aliphatic heterocycles. The van der Waals surface area contributed by atoms with Crippen LogP contribution in [0.5, 0.6) is 0 Å². The van der Waals surface area contributed by atoms with Crippen LogP contribution in [-0.2, 0) is 27.2 Å². The number of amides is 1. The number of pyridine rings is 1. The lowest BCUT2D eigenvalue weighted by Gasteiger charge is -2.41. The van der Waals surface area contributed by atoms with Gasteiger partial charge in [0.15, 0.2) is 0 Å². The van der Waals surface area contributed by atoms with Crippen LogP contribution in [0, 0.1) is 17.0 Å². The van der Waals surface area contributed by atoms with E-state index in [1.54, 1.807) is 24.2 Å². The molecule has 1 fully saturated rings. The van der Waals surface area contributed by atoms with E-state index in [1.807, 2.05) is 12.1 Å². The summed E-state index contributed by atoms with van der Waals surface area (Å²) in [6, 6.07) is 7.08. The molecule has 2 heterocycles. The highest BCUT2D eigenvalue weighted by atomic mass is 19.1. The van der Waals surface area contributed by atoms with Gasteiger partial charge in [0, 0.05) is 38.0 Å². The Morgan fingerprint density at radius 3 is 2.67 bits per heavy atom. The number of aryl methyl sites for hydroxylation is 1. The third-order valence-corrected chi connectivity index (χ3v) is 5.56. The molecule has 0 radical (unpaired) electrons. The largest absolute Gasteiger partial charge is 0.466 e. The van der Waals surface area contributed by atoms with Gasteiger partial charge in [-0.05, 0) is 61.9 Å². The summed E-state index contributed by atoms with van der Waals surface area (Å²) >= 11 is 0. The van der Waals surface area contributed by atoms with E-state index in [9.17, 15) is 18.4 Å². The Morgan fingerprint density at radius 1 is 1.20 bits per heavy atom. The van der Waals surface area contributed by atoms with Gasteiger partial charge >= 0.3 is 5.97 Å². The van der Waals surface area contributed by atoms with Crippen molar-refractivity contribution < 1.29 is 23.1 Å². The summed E-state index contributed by atoms with van der Waals surface area (Å²) in [5.74, 6) is -1.86. The predicted molar refractivity (Wildman–Crippen MR) is 108 cm³/mol. The van der Waals surface area contributed by atoms with Crippen LogP contribution >= 0.6 is 0 Å². The lowest BCUT2D eigenvalue weighted by atomic mass is 9.74. The van der Waals surface area contributed by atoms with Gasteiger partial charge in [-0.1, -0.05) is 6.07 Å². The molecule has 7 heteroatoms. The van der Waals surface area contributed by atoms with E-state index in [0.29, 0.717) is 32.2 Å². The summed E-state index contributed by atoms with van der Waals surface area (Å²) in [6.07, 6.45) is 5.42. The Morgan fingerprint density at radius 2 is 1.97 bits per heavy atom. The molecule has 1 saturated heterocycles. The first-order valence-corrected chi connectivity index (χ1v) is 10.2. The third-order valence-electron chi connectivity index (χ3n) is 5.56. The number of benzene rings is 1. The zero-order valence-electron chi connectivity index (χ0n) is 17.1. The van der Waals surface area contributed by atoms with Gasteiger partial charge in [0.25, 0.3) is 0 Å². The SMILES string of the molecule is CCOC(=O)[C@@]1(Cc2ccc(F)cc2F)CCCN(C(=O)CCc2ccncc2)C1. The van der Waals surface area contributed by atoms with Crippen LogP contribution in [0.1, 0.15) is 37.3 Å². The molecule has 0 bridgehead atoms. The number of esters is 1. The molecule has 1 aromatic heterocycles. The number of carbonyl (C=O) groups is 2.